The molecule has 0 spiro atoms. The molecule has 15 nitrogen and oxygen atoms in total. The topological polar surface area (TPSA) is 223 Å². The Morgan fingerprint density at radius 2 is 1.91 bits per heavy atom. The van der Waals surface area contributed by atoms with E-state index in [1.807, 2.05) is 39.0 Å². The molecule has 0 saturated carbocycles. The zero-order chi connectivity index (χ0) is 32.3. The molecule has 0 aromatic heterocycles. The second-order valence-corrected chi connectivity index (χ2v) is 12.1. The van der Waals surface area contributed by atoms with Crippen LogP contribution in [0.2, 0.25) is 0 Å². The Balaban J connectivity index is 0.000000382. The van der Waals surface area contributed by atoms with Crippen LogP contribution in [0.15, 0.2) is 46.7 Å². The maximum absolute atomic E-state index is 11.8. The van der Waals surface area contributed by atoms with Gasteiger partial charge in [0.1, 0.15) is 17.5 Å². The highest BCUT2D eigenvalue weighted by Gasteiger charge is 2.67. The van der Waals surface area contributed by atoms with E-state index in [1.165, 1.54) is 5.56 Å². The number of unbranched alkanes of at least 4 members (excludes halogenated alkanes) is 1. The Bertz CT molecular complexity index is 1490. The standard InChI is InChI=1S/C22H26N5O6P.C6H14N2O2/c1-13-7-17(8-14(2)16(13)4)25-22-24-10-15(3)21(26-33-22)27(22,12-32-34(28,29)30)18-5-6-20-19(9-18)23-11-31-20;7-4-2-1-3-5(8)6(9)10/h5-10,23,25-26H,11-12H2,1-4H3,(H-,28,29,30);5H,1-4,7-8H2,(H,9,10)/p+1/t;5-/m.0/s1. The average molecular weight is 635 g/mol. The lowest BCUT2D eigenvalue weighted by Gasteiger charge is -2.42. The van der Waals surface area contributed by atoms with Gasteiger partial charge in [-0.2, -0.15) is 9.83 Å². The van der Waals surface area contributed by atoms with E-state index in [1.54, 1.807) is 18.3 Å². The summed E-state index contributed by atoms with van der Waals surface area (Å²) in [7, 11) is -4.83. The van der Waals surface area contributed by atoms with Crippen molar-refractivity contribution < 1.29 is 38.4 Å². The first-order chi connectivity index (χ1) is 20.7. The second kappa shape index (κ2) is 13.2. The number of carboxylic acids is 1. The number of aliphatic carboxylic acids is 1. The number of aryl methyl sites for hydroxylation is 2. The Labute approximate surface area is 255 Å². The molecule has 5 rings (SSSR count). The third-order valence-electron chi connectivity index (χ3n) is 7.83. The van der Waals surface area contributed by atoms with Crippen molar-refractivity contribution in [2.75, 3.05) is 30.6 Å². The van der Waals surface area contributed by atoms with Gasteiger partial charge in [0, 0.05) is 29.6 Å². The molecule has 240 valence electrons. The van der Waals surface area contributed by atoms with E-state index in [-0.39, 0.29) is 4.48 Å². The lowest BCUT2D eigenvalue weighted by atomic mass is 10.0. The van der Waals surface area contributed by atoms with E-state index in [9.17, 15) is 19.1 Å². The quantitative estimate of drug-likeness (QED) is 0.101. The molecule has 0 amide bonds. The van der Waals surface area contributed by atoms with Crippen molar-refractivity contribution in [3.63, 3.8) is 0 Å². The zero-order valence-corrected chi connectivity index (χ0v) is 26.1. The van der Waals surface area contributed by atoms with Crippen molar-refractivity contribution >= 4 is 37.1 Å². The molecule has 2 aromatic rings. The number of quaternary nitrogens is 1. The summed E-state index contributed by atoms with van der Waals surface area (Å²) in [5.74, 6) is -1.27. The summed E-state index contributed by atoms with van der Waals surface area (Å²) in [5, 5.41) is 14.9. The first-order valence-electron chi connectivity index (χ1n) is 14.1. The Hall–Kier alpha value is -3.53. The van der Waals surface area contributed by atoms with Gasteiger partial charge in [-0.25, -0.2) is 14.6 Å². The number of ether oxygens (including phenoxy) is 1. The predicted molar refractivity (Wildman–Crippen MR) is 166 cm³/mol. The molecule has 2 bridgehead atoms. The second-order valence-electron chi connectivity index (χ2n) is 10.9. The molecular weight excluding hydrogens is 593 g/mol. The fourth-order valence-electron chi connectivity index (χ4n) is 5.16. The Kier molecular flexibility index (Phi) is 10.0. The number of nitrogens with zero attached hydrogens (tertiary/aromatic N) is 2. The van der Waals surface area contributed by atoms with Crippen molar-refractivity contribution in [1.29, 1.82) is 0 Å². The molecule has 10 N–H and O–H groups in total. The van der Waals surface area contributed by atoms with E-state index in [2.05, 4.69) is 23.0 Å². The van der Waals surface area contributed by atoms with Crippen LogP contribution in [0.3, 0.4) is 0 Å². The van der Waals surface area contributed by atoms with E-state index >= 15 is 0 Å². The number of phosphoric ester groups is 1. The molecule has 0 aliphatic carbocycles. The average Bonchev–Trinajstić information content (AvgIpc) is 3.51. The molecule has 2 unspecified atom stereocenters. The number of hydrogen-bond acceptors (Lipinski definition) is 11. The number of aliphatic imine (C=N–C) groups is 1. The van der Waals surface area contributed by atoms with Crippen LogP contribution in [-0.2, 0) is 18.7 Å². The Morgan fingerprint density at radius 1 is 1.20 bits per heavy atom. The van der Waals surface area contributed by atoms with E-state index < -0.39 is 32.5 Å². The lowest BCUT2D eigenvalue weighted by Crippen LogP contribution is -2.67. The van der Waals surface area contributed by atoms with Crippen LogP contribution in [0.5, 0.6) is 5.75 Å². The number of nitrogens with one attached hydrogen (secondary N) is 3. The van der Waals surface area contributed by atoms with Gasteiger partial charge in [-0.1, -0.05) is 6.42 Å². The maximum atomic E-state index is 11.8. The number of benzene rings is 2. The van der Waals surface area contributed by atoms with Crippen molar-refractivity contribution in [3.05, 3.63) is 58.4 Å². The molecule has 1 fully saturated rings. The molecule has 2 aromatic carbocycles. The SMILES string of the molecule is CC1=C2NOC(Nc3cc(C)c(C)c(C)c3)(N=C1)[N+]2(COP(=O)(O)O)c1ccc2c(c1)NCO2.NCCCC[C@H](N)C(=O)O. The van der Waals surface area contributed by atoms with Crippen molar-refractivity contribution in [1.82, 2.24) is 9.96 Å². The number of rotatable bonds is 11. The lowest BCUT2D eigenvalue weighted by molar-refractivity contribution is -0.138. The van der Waals surface area contributed by atoms with Crippen LogP contribution >= 0.6 is 7.82 Å². The van der Waals surface area contributed by atoms with Gasteiger partial charge in [0.25, 0.3) is 0 Å². The van der Waals surface area contributed by atoms with Crippen molar-refractivity contribution in [3.8, 4) is 5.75 Å². The number of phosphoric acid groups is 1. The number of carbonyl (C=O) groups is 1. The molecule has 3 aliphatic rings. The predicted octanol–water partition coefficient (Wildman–Crippen LogP) is 2.85. The van der Waals surface area contributed by atoms with Gasteiger partial charge >= 0.3 is 19.8 Å². The number of carboxylic acid groups (broad SMARTS) is 1. The van der Waals surface area contributed by atoms with E-state index in [0.29, 0.717) is 37.0 Å². The van der Waals surface area contributed by atoms with Gasteiger partial charge < -0.3 is 36.4 Å². The van der Waals surface area contributed by atoms with Gasteiger partial charge in [-0.3, -0.25) is 10.1 Å². The molecule has 3 aliphatic heterocycles. The third-order valence-corrected chi connectivity index (χ3v) is 8.28. The van der Waals surface area contributed by atoms with Gasteiger partial charge in [-0.05, 0) is 82.0 Å². The molecule has 3 atom stereocenters. The summed E-state index contributed by atoms with van der Waals surface area (Å²) in [6, 6.07) is 8.70. The summed E-state index contributed by atoms with van der Waals surface area (Å²) in [6.07, 6.45) is 3.83. The van der Waals surface area contributed by atoms with Gasteiger partial charge in [-0.15, -0.1) is 4.48 Å². The van der Waals surface area contributed by atoms with Crippen molar-refractivity contribution in [2.24, 2.45) is 16.5 Å². The van der Waals surface area contributed by atoms with E-state index in [0.717, 1.165) is 40.9 Å². The van der Waals surface area contributed by atoms with Gasteiger partial charge in [0.2, 0.25) is 12.6 Å². The van der Waals surface area contributed by atoms with Crippen LogP contribution in [-0.4, -0.2) is 59.1 Å². The maximum Gasteiger partial charge on any atom is 0.474 e. The fourth-order valence-corrected chi connectivity index (χ4v) is 5.49. The normalized spacial score (nSPS) is 22.3. The fraction of sp³-hybridized carbons (Fsp3) is 0.429. The monoisotopic (exact) mass is 634 g/mol. The third kappa shape index (κ3) is 6.75. The smallest absolute Gasteiger partial charge is 0.474 e. The highest BCUT2D eigenvalue weighted by Crippen LogP contribution is 2.50. The molecule has 1 saturated heterocycles. The summed E-state index contributed by atoms with van der Waals surface area (Å²) < 4.78 is 22.2. The highest BCUT2D eigenvalue weighted by molar-refractivity contribution is 7.46. The number of hydroxylamine groups is 1. The molecule has 16 heteroatoms. The number of anilines is 2. The Morgan fingerprint density at radius 3 is 2.55 bits per heavy atom. The largest absolute Gasteiger partial charge is 0.480 e. The minimum atomic E-state index is -4.83. The molecule has 3 heterocycles. The minimum absolute atomic E-state index is 0.318. The zero-order valence-electron chi connectivity index (χ0n) is 25.2. The number of allylic oxidation sites excluding steroid dienone is 1. The van der Waals surface area contributed by atoms with Crippen molar-refractivity contribution in [2.45, 2.75) is 59.0 Å². The van der Waals surface area contributed by atoms with Crippen LogP contribution in [0.25, 0.3) is 0 Å². The summed E-state index contributed by atoms with van der Waals surface area (Å²) in [4.78, 5) is 40.1. The molecule has 44 heavy (non-hydrogen) atoms. The minimum Gasteiger partial charge on any atom is -0.480 e. The van der Waals surface area contributed by atoms with E-state index in [4.69, 9.17) is 35.7 Å². The first-order valence-corrected chi connectivity index (χ1v) is 15.6. The van der Waals surface area contributed by atoms with Crippen LogP contribution < -0.4 is 36.8 Å². The summed E-state index contributed by atoms with van der Waals surface area (Å²) in [5.41, 5.74) is 19.5. The number of nitrogens with two attached hydrogens (primary N) is 2. The molecule has 0 radical (unpaired) electrons. The molecular formula is C28H41N7O8P+. The first kappa shape index (κ1) is 33.4. The number of hydrogen-bond donors (Lipinski definition) is 8. The summed E-state index contributed by atoms with van der Waals surface area (Å²) in [6.45, 7) is 8.40. The van der Waals surface area contributed by atoms with Crippen LogP contribution in [0.4, 0.5) is 17.1 Å². The van der Waals surface area contributed by atoms with Crippen LogP contribution in [0, 0.1) is 20.8 Å². The number of fused-ring (bicyclic) bond motifs is 3. The van der Waals surface area contributed by atoms with Gasteiger partial charge in [0.15, 0.2) is 6.73 Å². The van der Waals surface area contributed by atoms with Gasteiger partial charge in [0.05, 0.1) is 5.69 Å². The van der Waals surface area contributed by atoms with Crippen LogP contribution in [0.1, 0.15) is 42.9 Å². The highest BCUT2D eigenvalue weighted by atomic mass is 31.2. The summed E-state index contributed by atoms with van der Waals surface area (Å²) >= 11 is 0.